The first kappa shape index (κ1) is 15.0. The van der Waals surface area contributed by atoms with Gasteiger partial charge < -0.3 is 5.32 Å². The smallest absolute Gasteiger partial charge is 0.373 e. The summed E-state index contributed by atoms with van der Waals surface area (Å²) < 4.78 is 38.9. The molecule has 20 heavy (non-hydrogen) atoms. The SMILES string of the molecule is CNc1cc(Sc2ccc(Br)cn2)nc(C(F)(F)F)n1. The van der Waals surface area contributed by atoms with Crippen molar-refractivity contribution in [2.45, 2.75) is 16.2 Å². The van der Waals surface area contributed by atoms with Gasteiger partial charge in [0.05, 0.1) is 0 Å². The van der Waals surface area contributed by atoms with E-state index in [0.717, 1.165) is 16.2 Å². The maximum absolute atomic E-state index is 12.7. The summed E-state index contributed by atoms with van der Waals surface area (Å²) in [5, 5.41) is 3.30. The lowest BCUT2D eigenvalue weighted by Gasteiger charge is -2.09. The molecule has 0 aliphatic rings. The highest BCUT2D eigenvalue weighted by molar-refractivity contribution is 9.10. The summed E-state index contributed by atoms with van der Waals surface area (Å²) in [6.45, 7) is 0. The van der Waals surface area contributed by atoms with Crippen LogP contribution in [0.4, 0.5) is 19.0 Å². The van der Waals surface area contributed by atoms with Gasteiger partial charge in [-0.15, -0.1) is 0 Å². The maximum Gasteiger partial charge on any atom is 0.451 e. The Morgan fingerprint density at radius 2 is 1.95 bits per heavy atom. The van der Waals surface area contributed by atoms with Gasteiger partial charge in [-0.1, -0.05) is 0 Å². The van der Waals surface area contributed by atoms with Gasteiger partial charge in [0.25, 0.3) is 0 Å². The fourth-order valence-corrected chi connectivity index (χ4v) is 2.25. The minimum Gasteiger partial charge on any atom is -0.373 e. The average molecular weight is 365 g/mol. The van der Waals surface area contributed by atoms with Gasteiger partial charge in [0.1, 0.15) is 15.9 Å². The summed E-state index contributed by atoms with van der Waals surface area (Å²) in [6, 6.07) is 4.87. The molecule has 0 amide bonds. The molecule has 0 saturated carbocycles. The van der Waals surface area contributed by atoms with Crippen molar-refractivity contribution in [3.63, 3.8) is 0 Å². The summed E-state index contributed by atoms with van der Waals surface area (Å²) in [6.07, 6.45) is -3.03. The summed E-state index contributed by atoms with van der Waals surface area (Å²) in [5.41, 5.74) is 0. The van der Waals surface area contributed by atoms with Gasteiger partial charge in [0.2, 0.25) is 5.82 Å². The molecule has 0 bridgehead atoms. The molecule has 0 aliphatic carbocycles. The molecule has 4 nitrogen and oxygen atoms in total. The van der Waals surface area contributed by atoms with Crippen LogP contribution in [0, 0.1) is 0 Å². The van der Waals surface area contributed by atoms with E-state index in [1.165, 1.54) is 13.1 Å². The molecule has 1 N–H and O–H groups in total. The maximum atomic E-state index is 12.7. The average Bonchev–Trinajstić information content (AvgIpc) is 2.40. The molecule has 0 unspecified atom stereocenters. The van der Waals surface area contributed by atoms with Crippen molar-refractivity contribution in [3.8, 4) is 0 Å². The number of nitrogens with one attached hydrogen (secondary N) is 1. The van der Waals surface area contributed by atoms with E-state index in [9.17, 15) is 13.2 Å². The van der Waals surface area contributed by atoms with E-state index in [-0.39, 0.29) is 10.8 Å². The molecule has 0 saturated heterocycles. The lowest BCUT2D eigenvalue weighted by molar-refractivity contribution is -0.145. The summed E-state index contributed by atoms with van der Waals surface area (Å²) >= 11 is 4.27. The molecular formula is C11H8BrF3N4S. The highest BCUT2D eigenvalue weighted by Gasteiger charge is 2.35. The van der Waals surface area contributed by atoms with Crippen molar-refractivity contribution >= 4 is 33.5 Å². The second kappa shape index (κ2) is 5.96. The van der Waals surface area contributed by atoms with Crippen molar-refractivity contribution < 1.29 is 13.2 Å². The number of rotatable bonds is 3. The van der Waals surface area contributed by atoms with Crippen LogP contribution in [0.3, 0.4) is 0 Å². The van der Waals surface area contributed by atoms with Gasteiger partial charge in [-0.3, -0.25) is 0 Å². The minimum atomic E-state index is -4.59. The fourth-order valence-electron chi connectivity index (χ4n) is 1.26. The fraction of sp³-hybridized carbons (Fsp3) is 0.182. The molecule has 0 aromatic carbocycles. The van der Waals surface area contributed by atoms with Crippen LogP contribution in [0.15, 0.2) is 38.9 Å². The Labute approximate surface area is 125 Å². The third-order valence-electron chi connectivity index (χ3n) is 2.12. The van der Waals surface area contributed by atoms with E-state index < -0.39 is 12.0 Å². The monoisotopic (exact) mass is 364 g/mol. The zero-order valence-corrected chi connectivity index (χ0v) is 12.5. The van der Waals surface area contributed by atoms with Gasteiger partial charge in [0, 0.05) is 23.8 Å². The van der Waals surface area contributed by atoms with E-state index >= 15 is 0 Å². The molecule has 9 heteroatoms. The number of halogens is 4. The summed E-state index contributed by atoms with van der Waals surface area (Å²) in [7, 11) is 1.49. The molecule has 0 aliphatic heterocycles. The molecule has 0 atom stereocenters. The van der Waals surface area contributed by atoms with E-state index in [1.807, 2.05) is 0 Å². The Bertz CT molecular complexity index is 604. The predicted octanol–water partition coefficient (Wildman–Crippen LogP) is 3.85. The molecule has 0 radical (unpaired) electrons. The van der Waals surface area contributed by atoms with E-state index in [0.29, 0.717) is 5.03 Å². The van der Waals surface area contributed by atoms with Crippen LogP contribution in [0.2, 0.25) is 0 Å². The first-order valence-corrected chi connectivity index (χ1v) is 6.93. The van der Waals surface area contributed by atoms with E-state index in [4.69, 9.17) is 0 Å². The highest BCUT2D eigenvalue weighted by atomic mass is 79.9. The second-order valence-electron chi connectivity index (χ2n) is 3.58. The van der Waals surface area contributed by atoms with Crippen LogP contribution in [0.25, 0.3) is 0 Å². The number of alkyl halides is 3. The number of hydrogen-bond donors (Lipinski definition) is 1. The number of nitrogens with zero attached hydrogens (tertiary/aromatic N) is 3. The number of anilines is 1. The first-order valence-electron chi connectivity index (χ1n) is 5.32. The predicted molar refractivity (Wildman–Crippen MR) is 72.6 cm³/mol. The van der Waals surface area contributed by atoms with Crippen LogP contribution < -0.4 is 5.32 Å². The Morgan fingerprint density at radius 1 is 1.20 bits per heavy atom. The van der Waals surface area contributed by atoms with Crippen molar-refractivity contribution in [2.24, 2.45) is 0 Å². The van der Waals surface area contributed by atoms with Gasteiger partial charge >= 0.3 is 6.18 Å². The molecule has 0 fully saturated rings. The normalized spacial score (nSPS) is 11.4. The van der Waals surface area contributed by atoms with Crippen molar-refractivity contribution in [3.05, 3.63) is 34.7 Å². The Balaban J connectivity index is 2.33. The molecule has 2 rings (SSSR count). The summed E-state index contributed by atoms with van der Waals surface area (Å²) in [4.78, 5) is 11.0. The van der Waals surface area contributed by atoms with E-state index in [2.05, 4.69) is 36.2 Å². The lowest BCUT2D eigenvalue weighted by Crippen LogP contribution is -2.12. The van der Waals surface area contributed by atoms with Crippen LogP contribution in [0.1, 0.15) is 5.82 Å². The third-order valence-corrected chi connectivity index (χ3v) is 3.46. The van der Waals surface area contributed by atoms with Crippen LogP contribution in [-0.2, 0) is 6.18 Å². The second-order valence-corrected chi connectivity index (χ2v) is 5.54. The van der Waals surface area contributed by atoms with E-state index in [1.54, 1.807) is 18.3 Å². The summed E-state index contributed by atoms with van der Waals surface area (Å²) in [5.74, 6) is -1.07. The lowest BCUT2D eigenvalue weighted by atomic mass is 10.5. The molecule has 2 heterocycles. The largest absolute Gasteiger partial charge is 0.451 e. The van der Waals surface area contributed by atoms with Gasteiger partial charge in [0.15, 0.2) is 0 Å². The van der Waals surface area contributed by atoms with Crippen LogP contribution in [0.5, 0.6) is 0 Å². The van der Waals surface area contributed by atoms with Gasteiger partial charge in [-0.05, 0) is 39.8 Å². The van der Waals surface area contributed by atoms with Gasteiger partial charge in [-0.25, -0.2) is 15.0 Å². The van der Waals surface area contributed by atoms with Crippen molar-refractivity contribution in [2.75, 3.05) is 12.4 Å². The zero-order chi connectivity index (χ0) is 14.8. The molecule has 2 aromatic heterocycles. The Morgan fingerprint density at radius 3 is 2.50 bits per heavy atom. The van der Waals surface area contributed by atoms with Crippen LogP contribution >= 0.6 is 27.7 Å². The highest BCUT2D eigenvalue weighted by Crippen LogP contribution is 2.31. The third kappa shape index (κ3) is 3.83. The number of aromatic nitrogens is 3. The minimum absolute atomic E-state index is 0.104. The van der Waals surface area contributed by atoms with Crippen LogP contribution in [-0.4, -0.2) is 22.0 Å². The molecular weight excluding hydrogens is 357 g/mol. The Hall–Kier alpha value is -1.35. The van der Waals surface area contributed by atoms with Crippen molar-refractivity contribution in [1.82, 2.24) is 15.0 Å². The molecule has 0 spiro atoms. The quantitative estimate of drug-likeness (QED) is 0.838. The number of hydrogen-bond acceptors (Lipinski definition) is 5. The zero-order valence-electron chi connectivity index (χ0n) is 10.1. The number of pyridine rings is 1. The Kier molecular flexibility index (Phi) is 4.48. The molecule has 106 valence electrons. The van der Waals surface area contributed by atoms with Crippen molar-refractivity contribution in [1.29, 1.82) is 0 Å². The molecule has 2 aromatic rings. The van der Waals surface area contributed by atoms with Gasteiger partial charge in [-0.2, -0.15) is 13.2 Å². The standard InChI is InChI=1S/C11H8BrF3N4S/c1-16-7-4-9(19-10(18-7)11(13,14)15)20-8-3-2-6(12)5-17-8/h2-5H,1H3,(H,16,18,19). The first-order chi connectivity index (χ1) is 9.38. The topological polar surface area (TPSA) is 50.7 Å².